The minimum absolute atomic E-state index is 0.157. The van der Waals surface area contributed by atoms with Gasteiger partial charge in [0, 0.05) is 19.3 Å². The molecule has 0 aliphatic carbocycles. The number of halogens is 2. The Labute approximate surface area is 112 Å². The summed E-state index contributed by atoms with van der Waals surface area (Å²) in [5.74, 6) is 0.509. The molecule has 0 bridgehead atoms. The molecule has 0 radical (unpaired) electrons. The van der Waals surface area contributed by atoms with Crippen molar-refractivity contribution < 1.29 is 13.9 Å². The lowest BCUT2D eigenvalue weighted by atomic mass is 10.2. The average Bonchev–Trinajstić information content (AvgIpc) is 2.35. The average molecular weight is 273 g/mol. The van der Waals surface area contributed by atoms with Gasteiger partial charge in [-0.3, -0.25) is 0 Å². The minimum atomic E-state index is -2.45. The van der Waals surface area contributed by atoms with Crippen molar-refractivity contribution in [1.29, 1.82) is 0 Å². The summed E-state index contributed by atoms with van der Waals surface area (Å²) in [7, 11) is 0. The van der Waals surface area contributed by atoms with E-state index < -0.39 is 13.0 Å². The van der Waals surface area contributed by atoms with Crippen molar-refractivity contribution in [1.82, 2.24) is 10.3 Å². The first-order valence-corrected chi connectivity index (χ1v) is 6.38. The van der Waals surface area contributed by atoms with E-state index in [2.05, 4.69) is 10.3 Å². The molecule has 0 unspecified atom stereocenters. The molecule has 0 spiro atoms. The summed E-state index contributed by atoms with van der Waals surface area (Å²) in [6.45, 7) is 4.99. The fourth-order valence-electron chi connectivity index (χ4n) is 1.89. The van der Waals surface area contributed by atoms with Gasteiger partial charge in [-0.2, -0.15) is 0 Å². The van der Waals surface area contributed by atoms with Crippen molar-refractivity contribution in [3.8, 4) is 0 Å². The Hall–Kier alpha value is -1.27. The molecular formula is C13H21F2N3O. The van der Waals surface area contributed by atoms with Crippen LogP contribution in [0.15, 0.2) is 12.3 Å². The van der Waals surface area contributed by atoms with Crippen molar-refractivity contribution in [3.05, 3.63) is 23.4 Å². The fourth-order valence-corrected chi connectivity index (χ4v) is 1.89. The summed E-state index contributed by atoms with van der Waals surface area (Å²) in [6, 6.07) is 1.93. The molecule has 0 atom stereocenters. The molecule has 108 valence electrons. The molecule has 0 aliphatic rings. The van der Waals surface area contributed by atoms with Crippen LogP contribution in [-0.4, -0.2) is 42.8 Å². The van der Waals surface area contributed by atoms with E-state index in [4.69, 9.17) is 5.11 Å². The van der Waals surface area contributed by atoms with Crippen LogP contribution in [0.25, 0.3) is 0 Å². The van der Waals surface area contributed by atoms with E-state index in [1.807, 2.05) is 19.9 Å². The van der Waals surface area contributed by atoms with Crippen molar-refractivity contribution >= 4 is 5.82 Å². The highest BCUT2D eigenvalue weighted by molar-refractivity contribution is 5.47. The number of hydrogen-bond acceptors (Lipinski definition) is 4. The highest BCUT2D eigenvalue weighted by Crippen LogP contribution is 2.18. The van der Waals surface area contributed by atoms with Crippen molar-refractivity contribution in [2.75, 3.05) is 31.1 Å². The van der Waals surface area contributed by atoms with Gasteiger partial charge >= 0.3 is 0 Å². The third-order valence-electron chi connectivity index (χ3n) is 2.71. The molecule has 6 heteroatoms. The SMILES string of the molecule is CCNCc1cnc(N(CCO)CC(F)F)c(C)c1. The Balaban J connectivity index is 2.84. The quantitative estimate of drug-likeness (QED) is 0.755. The summed E-state index contributed by atoms with van der Waals surface area (Å²) >= 11 is 0. The summed E-state index contributed by atoms with van der Waals surface area (Å²) in [4.78, 5) is 5.66. The van der Waals surface area contributed by atoms with E-state index in [0.717, 1.165) is 17.7 Å². The number of aryl methyl sites for hydroxylation is 1. The third kappa shape index (κ3) is 5.08. The number of rotatable bonds is 8. The summed E-state index contributed by atoms with van der Waals surface area (Å²) < 4.78 is 25.0. The molecular weight excluding hydrogens is 252 g/mol. The Morgan fingerprint density at radius 1 is 1.47 bits per heavy atom. The van der Waals surface area contributed by atoms with Crippen LogP contribution in [0.3, 0.4) is 0 Å². The monoisotopic (exact) mass is 273 g/mol. The number of aliphatic hydroxyl groups excluding tert-OH is 1. The number of aliphatic hydroxyl groups is 1. The summed E-state index contributed by atoms with van der Waals surface area (Å²) in [5.41, 5.74) is 1.86. The van der Waals surface area contributed by atoms with Crippen LogP contribution in [0.2, 0.25) is 0 Å². The number of pyridine rings is 1. The predicted octanol–water partition coefficient (Wildman–Crippen LogP) is 1.56. The topological polar surface area (TPSA) is 48.4 Å². The lowest BCUT2D eigenvalue weighted by Crippen LogP contribution is -2.33. The molecule has 0 amide bonds. The number of nitrogens with zero attached hydrogens (tertiary/aromatic N) is 2. The van der Waals surface area contributed by atoms with Gasteiger partial charge in [-0.1, -0.05) is 6.92 Å². The highest BCUT2D eigenvalue weighted by atomic mass is 19.3. The van der Waals surface area contributed by atoms with Gasteiger partial charge in [0.05, 0.1) is 13.2 Å². The van der Waals surface area contributed by atoms with Crippen molar-refractivity contribution in [2.45, 2.75) is 26.8 Å². The molecule has 2 N–H and O–H groups in total. The van der Waals surface area contributed by atoms with E-state index in [-0.39, 0.29) is 13.2 Å². The Morgan fingerprint density at radius 3 is 2.74 bits per heavy atom. The molecule has 1 heterocycles. The Morgan fingerprint density at radius 2 is 2.21 bits per heavy atom. The first kappa shape index (κ1) is 15.8. The number of alkyl halides is 2. The Bertz CT molecular complexity index is 388. The fraction of sp³-hybridized carbons (Fsp3) is 0.615. The molecule has 4 nitrogen and oxygen atoms in total. The first-order chi connectivity index (χ1) is 9.08. The second kappa shape index (κ2) is 8.01. The zero-order valence-electron chi connectivity index (χ0n) is 11.4. The molecule has 1 aromatic heterocycles. The van der Waals surface area contributed by atoms with Gasteiger partial charge < -0.3 is 15.3 Å². The normalized spacial score (nSPS) is 11.1. The van der Waals surface area contributed by atoms with Crippen LogP contribution in [0.4, 0.5) is 14.6 Å². The van der Waals surface area contributed by atoms with E-state index in [1.165, 1.54) is 4.90 Å². The maximum absolute atomic E-state index is 12.5. The van der Waals surface area contributed by atoms with Crippen LogP contribution in [0, 0.1) is 6.92 Å². The molecule has 0 aromatic carbocycles. The minimum Gasteiger partial charge on any atom is -0.395 e. The van der Waals surface area contributed by atoms with Gasteiger partial charge in [0.2, 0.25) is 0 Å². The largest absolute Gasteiger partial charge is 0.395 e. The molecule has 0 aliphatic heterocycles. The third-order valence-corrected chi connectivity index (χ3v) is 2.71. The maximum atomic E-state index is 12.5. The summed E-state index contributed by atoms with van der Waals surface area (Å²) in [6.07, 6.45) is -0.768. The predicted molar refractivity (Wildman–Crippen MR) is 71.7 cm³/mol. The summed E-state index contributed by atoms with van der Waals surface area (Å²) in [5, 5.41) is 12.1. The van der Waals surface area contributed by atoms with Crippen LogP contribution in [0.5, 0.6) is 0 Å². The van der Waals surface area contributed by atoms with Gasteiger partial charge in [0.1, 0.15) is 5.82 Å². The molecule has 1 rings (SSSR count). The number of anilines is 1. The maximum Gasteiger partial charge on any atom is 0.255 e. The number of nitrogens with one attached hydrogen (secondary N) is 1. The standard InChI is InChI=1S/C13H21F2N3O/c1-3-16-7-11-6-10(2)13(17-8-11)18(4-5-19)9-12(14)15/h6,8,12,16,19H,3-5,7,9H2,1-2H3. The molecule has 0 saturated heterocycles. The van der Waals surface area contributed by atoms with E-state index in [0.29, 0.717) is 12.4 Å². The van der Waals surface area contributed by atoms with Crippen molar-refractivity contribution in [2.24, 2.45) is 0 Å². The van der Waals surface area contributed by atoms with Gasteiger partial charge in [-0.05, 0) is 30.7 Å². The Kier molecular flexibility index (Phi) is 6.66. The van der Waals surface area contributed by atoms with E-state index in [1.54, 1.807) is 6.20 Å². The molecule has 0 fully saturated rings. The lowest BCUT2D eigenvalue weighted by molar-refractivity contribution is 0.152. The number of hydrogen-bond donors (Lipinski definition) is 2. The van der Waals surface area contributed by atoms with Crippen LogP contribution in [-0.2, 0) is 6.54 Å². The van der Waals surface area contributed by atoms with Crippen LogP contribution in [0.1, 0.15) is 18.1 Å². The number of aromatic nitrogens is 1. The second-order valence-corrected chi connectivity index (χ2v) is 4.33. The smallest absolute Gasteiger partial charge is 0.255 e. The molecule has 1 aromatic rings. The van der Waals surface area contributed by atoms with Gasteiger partial charge in [-0.15, -0.1) is 0 Å². The van der Waals surface area contributed by atoms with Gasteiger partial charge in [0.25, 0.3) is 6.43 Å². The van der Waals surface area contributed by atoms with Gasteiger partial charge in [0.15, 0.2) is 0 Å². The van der Waals surface area contributed by atoms with Crippen LogP contribution < -0.4 is 10.2 Å². The lowest BCUT2D eigenvalue weighted by Gasteiger charge is -2.24. The molecule has 0 saturated carbocycles. The van der Waals surface area contributed by atoms with Crippen molar-refractivity contribution in [3.63, 3.8) is 0 Å². The zero-order valence-corrected chi connectivity index (χ0v) is 11.4. The van der Waals surface area contributed by atoms with E-state index in [9.17, 15) is 8.78 Å². The molecule has 19 heavy (non-hydrogen) atoms. The highest BCUT2D eigenvalue weighted by Gasteiger charge is 2.15. The first-order valence-electron chi connectivity index (χ1n) is 6.38. The zero-order chi connectivity index (χ0) is 14.3. The van der Waals surface area contributed by atoms with E-state index >= 15 is 0 Å². The van der Waals surface area contributed by atoms with Gasteiger partial charge in [-0.25, -0.2) is 13.8 Å². The second-order valence-electron chi connectivity index (χ2n) is 4.33. The van der Waals surface area contributed by atoms with Crippen LogP contribution >= 0.6 is 0 Å².